The number of hydrogen-bond acceptors (Lipinski definition) is 3. The Bertz CT molecular complexity index is 6.00. The van der Waals surface area contributed by atoms with Crippen LogP contribution in [-0.2, 0) is 19.5 Å². The Morgan fingerprint density at radius 3 is 1.25 bits per heavy atom. The summed E-state index contributed by atoms with van der Waals surface area (Å²) in [5.41, 5.74) is 0. The van der Waals surface area contributed by atoms with Crippen molar-refractivity contribution in [3.63, 3.8) is 0 Å². The fourth-order valence-corrected chi connectivity index (χ4v) is 0. The van der Waals surface area contributed by atoms with Crippen molar-refractivity contribution < 1.29 is 19.5 Å². The van der Waals surface area contributed by atoms with Gasteiger partial charge in [-0.25, -0.2) is 4.13 Å². The molecule has 0 aromatic rings. The summed E-state index contributed by atoms with van der Waals surface area (Å²) in [7, 11) is 0. The molecule has 0 aromatic heterocycles. The van der Waals surface area contributed by atoms with Crippen LogP contribution in [0.2, 0.25) is 0 Å². The second kappa shape index (κ2) is 8.86. The van der Waals surface area contributed by atoms with E-state index in [1.807, 2.05) is 0 Å². The third kappa shape index (κ3) is 10.4. The summed E-state index contributed by atoms with van der Waals surface area (Å²) in [4.78, 5) is 0. The Hall–Kier alpha value is 1.28. The van der Waals surface area contributed by atoms with E-state index in [1.54, 1.807) is 0 Å². The molecule has 0 spiro atoms. The molecule has 4 heteroatoms. The van der Waals surface area contributed by atoms with Crippen LogP contribution in [0, 0.1) is 0 Å². The molecule has 0 aliphatic carbocycles. The minimum atomic E-state index is 0. The number of thiol groups is 2. The summed E-state index contributed by atoms with van der Waals surface area (Å²) in [6, 6.07) is 0. The summed E-state index contributed by atoms with van der Waals surface area (Å²) < 4.78 is 2.14. The molecule has 0 radical (unpaired) electrons. The predicted octanol–water partition coefficient (Wildman–Crippen LogP) is 0.263. The van der Waals surface area contributed by atoms with Crippen molar-refractivity contribution in [1.82, 2.24) is 4.13 Å². The van der Waals surface area contributed by atoms with Crippen LogP contribution in [0.1, 0.15) is 0 Å². The Morgan fingerprint density at radius 2 is 1.25 bits per heavy atom. The zero-order valence-electron chi connectivity index (χ0n) is 2.10. The summed E-state index contributed by atoms with van der Waals surface area (Å²) >= 11 is 6.81. The Labute approximate surface area is 49.4 Å². The maximum Gasteiger partial charge on any atom is 0 e. The largest absolute Gasteiger partial charge is 0.213 e. The van der Waals surface area contributed by atoms with Gasteiger partial charge in [-0.15, -0.1) is 0 Å². The molecule has 0 saturated carbocycles. The minimum Gasteiger partial charge on any atom is -0.213 e. The van der Waals surface area contributed by atoms with E-state index in [-0.39, 0.29) is 19.5 Å². The maximum atomic E-state index is 3.40. The van der Waals surface area contributed by atoms with Crippen molar-refractivity contribution >= 4 is 25.6 Å². The van der Waals surface area contributed by atoms with E-state index in [0.29, 0.717) is 0 Å². The smallest absolute Gasteiger partial charge is 0 e. The standard InChI is InChI=1S/H3NS2.Zn/c2-1-3;/h1-3H;. The molecule has 1 N–H and O–H groups in total. The molecule has 0 aromatic carbocycles. The van der Waals surface area contributed by atoms with Crippen LogP contribution in [-0.4, -0.2) is 0 Å². The van der Waals surface area contributed by atoms with E-state index in [9.17, 15) is 0 Å². The molecule has 0 bridgehead atoms. The van der Waals surface area contributed by atoms with E-state index in [4.69, 9.17) is 0 Å². The predicted molar refractivity (Wildman–Crippen MR) is 21.1 cm³/mol. The monoisotopic (exact) mass is 145 g/mol. The fourth-order valence-electron chi connectivity index (χ4n) is 0. The normalized spacial score (nSPS) is 4.50. The number of hydrogen-bond donors (Lipinski definition) is 3. The first-order chi connectivity index (χ1) is 1.41. The van der Waals surface area contributed by atoms with Crippen molar-refractivity contribution in [3.05, 3.63) is 0 Å². The minimum absolute atomic E-state index is 0. The zero-order chi connectivity index (χ0) is 2.71. The Kier molecular flexibility index (Phi) is 19.9. The molecule has 0 aliphatic rings. The van der Waals surface area contributed by atoms with Gasteiger partial charge in [0.1, 0.15) is 0 Å². The molecular weight excluding hydrogens is 144 g/mol. The summed E-state index contributed by atoms with van der Waals surface area (Å²) in [6.45, 7) is 0. The molecule has 0 rings (SSSR count). The van der Waals surface area contributed by atoms with Crippen molar-refractivity contribution in [2.75, 3.05) is 0 Å². The van der Waals surface area contributed by atoms with Gasteiger partial charge >= 0.3 is 0 Å². The van der Waals surface area contributed by atoms with Crippen molar-refractivity contribution in [3.8, 4) is 0 Å². The van der Waals surface area contributed by atoms with Gasteiger partial charge in [0.2, 0.25) is 0 Å². The van der Waals surface area contributed by atoms with Crippen LogP contribution in [0.5, 0.6) is 0 Å². The molecule has 0 fully saturated rings. The van der Waals surface area contributed by atoms with Gasteiger partial charge in [-0.1, -0.05) is 25.6 Å². The molecule has 0 heterocycles. The maximum absolute atomic E-state index is 3.40. The molecular formula is H3NS2Zn. The first-order valence-electron chi connectivity index (χ1n) is 0.447. The molecule has 1 nitrogen and oxygen atoms in total. The van der Waals surface area contributed by atoms with Gasteiger partial charge in [0.25, 0.3) is 0 Å². The van der Waals surface area contributed by atoms with E-state index >= 15 is 0 Å². The number of nitrogens with one attached hydrogen (secondary N) is 1. The summed E-state index contributed by atoms with van der Waals surface area (Å²) in [5.74, 6) is 0. The topological polar surface area (TPSA) is 12.0 Å². The van der Waals surface area contributed by atoms with Gasteiger partial charge in [0.15, 0.2) is 0 Å². The first-order valence-corrected chi connectivity index (χ1v) is 1.34. The third-order valence-corrected chi connectivity index (χ3v) is 0. The fraction of sp³-hybridized carbons (Fsp3) is 0. The van der Waals surface area contributed by atoms with Crippen LogP contribution >= 0.6 is 25.6 Å². The number of rotatable bonds is 0. The van der Waals surface area contributed by atoms with Gasteiger partial charge in [0.05, 0.1) is 0 Å². The van der Waals surface area contributed by atoms with E-state index in [0.717, 1.165) is 0 Å². The van der Waals surface area contributed by atoms with Crippen molar-refractivity contribution in [1.29, 1.82) is 0 Å². The van der Waals surface area contributed by atoms with Gasteiger partial charge in [-0.2, -0.15) is 0 Å². The van der Waals surface area contributed by atoms with Gasteiger partial charge in [0, 0.05) is 19.5 Å². The summed E-state index contributed by atoms with van der Waals surface area (Å²) in [6.07, 6.45) is 0. The Morgan fingerprint density at radius 1 is 1.25 bits per heavy atom. The zero-order valence-corrected chi connectivity index (χ0v) is 6.86. The van der Waals surface area contributed by atoms with Crippen LogP contribution in [0.25, 0.3) is 0 Å². The second-order valence-electron chi connectivity index (χ2n) is 0.100. The van der Waals surface area contributed by atoms with Crippen molar-refractivity contribution in [2.45, 2.75) is 0 Å². The first kappa shape index (κ1) is 8.99. The van der Waals surface area contributed by atoms with Crippen LogP contribution in [0.3, 0.4) is 0 Å². The molecule has 0 atom stereocenters. The van der Waals surface area contributed by atoms with Crippen LogP contribution < -0.4 is 4.13 Å². The molecule has 4 heavy (non-hydrogen) atoms. The molecule has 0 aliphatic heterocycles. The molecule has 22 valence electrons. The van der Waals surface area contributed by atoms with E-state index in [2.05, 4.69) is 29.8 Å². The molecule has 0 amide bonds. The quantitative estimate of drug-likeness (QED) is 0.329. The van der Waals surface area contributed by atoms with Gasteiger partial charge in [-0.05, 0) is 0 Å². The van der Waals surface area contributed by atoms with E-state index in [1.165, 1.54) is 0 Å². The third-order valence-electron chi connectivity index (χ3n) is 0. The van der Waals surface area contributed by atoms with Crippen LogP contribution in [0.4, 0.5) is 0 Å². The van der Waals surface area contributed by atoms with Gasteiger partial charge in [-0.3, -0.25) is 0 Å². The average Bonchev–Trinajstić information content (AvgIpc) is 0.918. The Balaban J connectivity index is 0. The van der Waals surface area contributed by atoms with Gasteiger partial charge < -0.3 is 0 Å². The average molecular weight is 147 g/mol. The summed E-state index contributed by atoms with van der Waals surface area (Å²) in [5, 5.41) is 0. The second-order valence-corrected chi connectivity index (χ2v) is 0.900. The van der Waals surface area contributed by atoms with E-state index < -0.39 is 0 Å². The molecule has 0 saturated heterocycles. The van der Waals surface area contributed by atoms with Crippen molar-refractivity contribution in [2.24, 2.45) is 0 Å². The SMILES string of the molecule is SNS.[Zn]. The van der Waals surface area contributed by atoms with Crippen LogP contribution in [0.15, 0.2) is 0 Å². The molecule has 0 unspecified atom stereocenters.